The highest BCUT2D eigenvalue weighted by atomic mass is 79.9. The Labute approximate surface area is 125 Å². The quantitative estimate of drug-likeness (QED) is 0.813. The van der Waals surface area contributed by atoms with Crippen molar-refractivity contribution in [2.24, 2.45) is 0 Å². The van der Waals surface area contributed by atoms with E-state index in [0.29, 0.717) is 21.3 Å². The van der Waals surface area contributed by atoms with Crippen LogP contribution in [-0.2, 0) is 0 Å². The third kappa shape index (κ3) is 2.99. The van der Waals surface area contributed by atoms with Gasteiger partial charge in [-0.2, -0.15) is 0 Å². The van der Waals surface area contributed by atoms with E-state index in [4.69, 9.17) is 5.73 Å². The summed E-state index contributed by atoms with van der Waals surface area (Å²) in [4.78, 5) is 12.2. The summed E-state index contributed by atoms with van der Waals surface area (Å²) in [5, 5.41) is 2.56. The molecule has 5 heteroatoms. The minimum absolute atomic E-state index is 0.151. The molecule has 104 valence electrons. The molecule has 2 aromatic rings. The van der Waals surface area contributed by atoms with Crippen molar-refractivity contribution in [3.8, 4) is 0 Å². The van der Waals surface area contributed by atoms with Crippen LogP contribution in [0.3, 0.4) is 0 Å². The molecule has 0 aromatic heterocycles. The Morgan fingerprint density at radius 3 is 2.60 bits per heavy atom. The maximum absolute atomic E-state index is 13.7. The first kappa shape index (κ1) is 14.5. The van der Waals surface area contributed by atoms with Gasteiger partial charge in [-0.25, -0.2) is 4.39 Å². The van der Waals surface area contributed by atoms with Gasteiger partial charge in [-0.1, -0.05) is 22.0 Å². The number of hydrogen-bond acceptors (Lipinski definition) is 2. The molecule has 2 aromatic carbocycles. The molecule has 0 bridgehead atoms. The number of halogens is 2. The summed E-state index contributed by atoms with van der Waals surface area (Å²) < 4.78 is 14.4. The third-order valence-electron chi connectivity index (χ3n) is 3.03. The molecule has 0 unspecified atom stereocenters. The van der Waals surface area contributed by atoms with Crippen molar-refractivity contribution < 1.29 is 9.18 Å². The first-order valence-electron chi connectivity index (χ1n) is 6.01. The Morgan fingerprint density at radius 2 is 1.95 bits per heavy atom. The van der Waals surface area contributed by atoms with E-state index in [9.17, 15) is 9.18 Å². The zero-order chi connectivity index (χ0) is 14.9. The molecule has 3 nitrogen and oxygen atoms in total. The number of nitrogens with two attached hydrogens (primary N) is 1. The molecular formula is C15H14BrFN2O. The highest BCUT2D eigenvalue weighted by Crippen LogP contribution is 2.24. The van der Waals surface area contributed by atoms with Crippen LogP contribution < -0.4 is 11.1 Å². The summed E-state index contributed by atoms with van der Waals surface area (Å²) in [5.41, 5.74) is 8.35. The number of nitrogens with one attached hydrogen (secondary N) is 1. The van der Waals surface area contributed by atoms with Crippen molar-refractivity contribution in [1.82, 2.24) is 0 Å². The second-order valence-electron chi connectivity index (χ2n) is 4.61. The maximum atomic E-state index is 13.7. The van der Waals surface area contributed by atoms with Gasteiger partial charge in [-0.3, -0.25) is 4.79 Å². The van der Waals surface area contributed by atoms with Gasteiger partial charge in [0.25, 0.3) is 5.91 Å². The fourth-order valence-electron chi connectivity index (χ4n) is 1.85. The number of benzene rings is 2. The van der Waals surface area contributed by atoms with Gasteiger partial charge in [0.05, 0.1) is 5.69 Å². The van der Waals surface area contributed by atoms with E-state index in [0.717, 1.165) is 5.56 Å². The van der Waals surface area contributed by atoms with Crippen molar-refractivity contribution >= 4 is 33.2 Å². The van der Waals surface area contributed by atoms with Crippen LogP contribution >= 0.6 is 15.9 Å². The van der Waals surface area contributed by atoms with Gasteiger partial charge in [0.15, 0.2) is 0 Å². The zero-order valence-electron chi connectivity index (χ0n) is 11.1. The van der Waals surface area contributed by atoms with Crippen LogP contribution in [0.4, 0.5) is 15.8 Å². The second-order valence-corrected chi connectivity index (χ2v) is 5.52. The first-order chi connectivity index (χ1) is 9.38. The Morgan fingerprint density at radius 1 is 1.25 bits per heavy atom. The van der Waals surface area contributed by atoms with E-state index in [-0.39, 0.29) is 5.69 Å². The SMILES string of the molecule is Cc1ccc(NC(=O)c2cc(Br)cc(N)c2C)c(F)c1. The van der Waals surface area contributed by atoms with Crippen molar-refractivity contribution in [2.75, 3.05) is 11.1 Å². The van der Waals surface area contributed by atoms with Crippen LogP contribution in [-0.4, -0.2) is 5.91 Å². The van der Waals surface area contributed by atoms with Crippen LogP contribution in [0.2, 0.25) is 0 Å². The minimum atomic E-state index is -0.459. The number of anilines is 2. The molecule has 0 aliphatic carbocycles. The Balaban J connectivity index is 2.33. The molecule has 0 radical (unpaired) electrons. The third-order valence-corrected chi connectivity index (χ3v) is 3.49. The lowest BCUT2D eigenvalue weighted by molar-refractivity contribution is 0.102. The fourth-order valence-corrected chi connectivity index (χ4v) is 2.32. The van der Waals surface area contributed by atoms with Crippen LogP contribution in [0, 0.1) is 19.7 Å². The van der Waals surface area contributed by atoms with Crippen LogP contribution in [0.15, 0.2) is 34.8 Å². The van der Waals surface area contributed by atoms with Crippen LogP contribution in [0.25, 0.3) is 0 Å². The van der Waals surface area contributed by atoms with Gasteiger partial charge < -0.3 is 11.1 Å². The summed E-state index contributed by atoms with van der Waals surface area (Å²) in [7, 11) is 0. The number of nitrogen functional groups attached to an aromatic ring is 1. The first-order valence-corrected chi connectivity index (χ1v) is 6.81. The Hall–Kier alpha value is -1.88. The number of aryl methyl sites for hydroxylation is 1. The summed E-state index contributed by atoms with van der Waals surface area (Å²) in [6.07, 6.45) is 0. The normalized spacial score (nSPS) is 10.4. The molecule has 20 heavy (non-hydrogen) atoms. The van der Waals surface area contributed by atoms with Gasteiger partial charge in [0, 0.05) is 15.7 Å². The lowest BCUT2D eigenvalue weighted by Crippen LogP contribution is -2.15. The highest BCUT2D eigenvalue weighted by molar-refractivity contribution is 9.10. The summed E-state index contributed by atoms with van der Waals surface area (Å²) >= 11 is 3.29. The zero-order valence-corrected chi connectivity index (χ0v) is 12.7. The number of hydrogen-bond donors (Lipinski definition) is 2. The number of rotatable bonds is 2. The van der Waals surface area contributed by atoms with Crippen molar-refractivity contribution in [3.63, 3.8) is 0 Å². The maximum Gasteiger partial charge on any atom is 0.256 e. The Kier molecular flexibility index (Phi) is 4.09. The topological polar surface area (TPSA) is 55.1 Å². The van der Waals surface area contributed by atoms with Crippen molar-refractivity contribution in [3.05, 3.63) is 57.3 Å². The van der Waals surface area contributed by atoms with Gasteiger partial charge in [0.1, 0.15) is 5.82 Å². The minimum Gasteiger partial charge on any atom is -0.398 e. The van der Waals surface area contributed by atoms with E-state index in [1.165, 1.54) is 6.07 Å². The van der Waals surface area contributed by atoms with Gasteiger partial charge >= 0.3 is 0 Å². The standard InChI is InChI=1S/C15H14BrFN2O/c1-8-3-4-14(12(17)5-8)19-15(20)11-6-10(16)7-13(18)9(11)2/h3-7H,18H2,1-2H3,(H,19,20). The monoisotopic (exact) mass is 336 g/mol. The van der Waals surface area contributed by atoms with Crippen LogP contribution in [0.5, 0.6) is 0 Å². The number of amides is 1. The van der Waals surface area contributed by atoms with Crippen molar-refractivity contribution in [2.45, 2.75) is 13.8 Å². The molecule has 0 fully saturated rings. The lowest BCUT2D eigenvalue weighted by Gasteiger charge is -2.11. The van der Waals surface area contributed by atoms with Gasteiger partial charge in [-0.05, 0) is 49.2 Å². The molecular weight excluding hydrogens is 323 g/mol. The molecule has 0 saturated carbocycles. The predicted octanol–water partition coefficient (Wildman–Crippen LogP) is 4.04. The predicted molar refractivity (Wildman–Crippen MR) is 82.4 cm³/mol. The summed E-state index contributed by atoms with van der Waals surface area (Å²) in [6, 6.07) is 8.03. The lowest BCUT2D eigenvalue weighted by atomic mass is 10.1. The summed E-state index contributed by atoms with van der Waals surface area (Å²) in [5.74, 6) is -0.850. The van der Waals surface area contributed by atoms with E-state index < -0.39 is 11.7 Å². The van der Waals surface area contributed by atoms with E-state index in [1.54, 1.807) is 38.1 Å². The molecule has 0 spiro atoms. The number of carbonyl (C=O) groups excluding carboxylic acids is 1. The molecule has 3 N–H and O–H groups in total. The van der Waals surface area contributed by atoms with E-state index >= 15 is 0 Å². The molecule has 1 amide bonds. The molecule has 2 rings (SSSR count). The average Bonchev–Trinajstić information content (AvgIpc) is 2.37. The second kappa shape index (κ2) is 5.63. The fraction of sp³-hybridized carbons (Fsp3) is 0.133. The van der Waals surface area contributed by atoms with E-state index in [1.807, 2.05) is 0 Å². The highest BCUT2D eigenvalue weighted by Gasteiger charge is 2.14. The molecule has 0 saturated heterocycles. The summed E-state index contributed by atoms with van der Waals surface area (Å²) in [6.45, 7) is 3.54. The smallest absolute Gasteiger partial charge is 0.256 e. The number of carbonyl (C=O) groups is 1. The molecule has 0 aliphatic heterocycles. The average molecular weight is 337 g/mol. The van der Waals surface area contributed by atoms with Crippen molar-refractivity contribution in [1.29, 1.82) is 0 Å². The van der Waals surface area contributed by atoms with Gasteiger partial charge in [-0.15, -0.1) is 0 Å². The molecule has 0 heterocycles. The van der Waals surface area contributed by atoms with Gasteiger partial charge in [0.2, 0.25) is 0 Å². The largest absolute Gasteiger partial charge is 0.398 e. The van der Waals surface area contributed by atoms with Crippen LogP contribution in [0.1, 0.15) is 21.5 Å². The molecule has 0 aliphatic rings. The molecule has 0 atom stereocenters. The Bertz CT molecular complexity index is 686. The van der Waals surface area contributed by atoms with E-state index in [2.05, 4.69) is 21.2 Å².